The van der Waals surface area contributed by atoms with E-state index in [9.17, 15) is 16.8 Å². The maximum atomic E-state index is 13.5. The SMILES string of the molecule is Cl.Cl.Cl.NC(CC(CS(=O)(=O)N1CCCCCC1)c1ccc2cnccc2c1)S(=O)(=O)N1CCCCCC1. The van der Waals surface area contributed by atoms with Gasteiger partial charge >= 0.3 is 0 Å². The zero-order valence-electron chi connectivity index (χ0n) is 21.6. The molecule has 2 unspecified atom stereocenters. The van der Waals surface area contributed by atoms with Crippen LogP contribution >= 0.6 is 37.2 Å². The number of sulfonamides is 2. The maximum Gasteiger partial charge on any atom is 0.229 e. The minimum atomic E-state index is -3.72. The van der Waals surface area contributed by atoms with Gasteiger partial charge in [0, 0.05) is 49.9 Å². The first-order chi connectivity index (χ1) is 16.8. The van der Waals surface area contributed by atoms with Crippen LogP contribution in [-0.4, -0.2) is 67.7 Å². The van der Waals surface area contributed by atoms with Crippen LogP contribution in [0.5, 0.6) is 0 Å². The van der Waals surface area contributed by atoms with Gasteiger partial charge in [-0.15, -0.1) is 37.2 Å². The van der Waals surface area contributed by atoms with Crippen LogP contribution in [0.1, 0.15) is 69.3 Å². The van der Waals surface area contributed by atoms with Crippen molar-refractivity contribution in [3.63, 3.8) is 0 Å². The van der Waals surface area contributed by atoms with Crippen LogP contribution in [0.15, 0.2) is 36.7 Å². The molecule has 2 aliphatic heterocycles. The first kappa shape index (κ1) is 35.3. The van der Waals surface area contributed by atoms with Gasteiger partial charge in [0.1, 0.15) is 5.37 Å². The summed E-state index contributed by atoms with van der Waals surface area (Å²) < 4.78 is 56.8. The molecule has 4 rings (SSSR count). The number of nitrogens with two attached hydrogens (primary N) is 1. The van der Waals surface area contributed by atoms with E-state index in [0.29, 0.717) is 26.2 Å². The lowest BCUT2D eigenvalue weighted by Crippen LogP contribution is -2.45. The molecule has 2 N–H and O–H groups in total. The number of hydrogen-bond donors (Lipinski definition) is 1. The third-order valence-corrected chi connectivity index (χ3v) is 11.3. The summed E-state index contributed by atoms with van der Waals surface area (Å²) in [6.45, 7) is 2.01. The quantitative estimate of drug-likeness (QED) is 0.453. The van der Waals surface area contributed by atoms with Gasteiger partial charge in [-0.3, -0.25) is 4.98 Å². The Balaban J connectivity index is 0.00000241. The molecule has 2 aliphatic rings. The molecule has 2 fully saturated rings. The van der Waals surface area contributed by atoms with Gasteiger partial charge in [0.15, 0.2) is 0 Å². The second-order valence-corrected chi connectivity index (χ2v) is 14.1. The van der Waals surface area contributed by atoms with E-state index in [0.717, 1.165) is 67.7 Å². The molecule has 1 aromatic heterocycles. The molecule has 218 valence electrons. The first-order valence-electron chi connectivity index (χ1n) is 12.8. The number of pyridine rings is 1. The summed E-state index contributed by atoms with van der Waals surface area (Å²) in [7, 11) is -7.30. The van der Waals surface area contributed by atoms with Crippen LogP contribution in [-0.2, 0) is 20.0 Å². The van der Waals surface area contributed by atoms with Gasteiger partial charge in [-0.1, -0.05) is 43.9 Å². The normalized spacial score (nSPS) is 19.6. The Morgan fingerprint density at radius 3 is 1.89 bits per heavy atom. The molecule has 8 nitrogen and oxygen atoms in total. The van der Waals surface area contributed by atoms with Crippen LogP contribution in [0.2, 0.25) is 0 Å². The highest BCUT2D eigenvalue weighted by atomic mass is 35.5. The van der Waals surface area contributed by atoms with E-state index >= 15 is 0 Å². The summed E-state index contributed by atoms with van der Waals surface area (Å²) in [5.74, 6) is -0.676. The zero-order valence-corrected chi connectivity index (χ0v) is 25.7. The molecular formula is C25H41Cl3N4O4S2. The van der Waals surface area contributed by atoms with E-state index < -0.39 is 31.3 Å². The van der Waals surface area contributed by atoms with Crippen molar-refractivity contribution in [3.8, 4) is 0 Å². The van der Waals surface area contributed by atoms with Crippen molar-refractivity contribution in [3.05, 3.63) is 42.2 Å². The molecule has 0 bridgehead atoms. The van der Waals surface area contributed by atoms with E-state index in [1.165, 1.54) is 4.31 Å². The fourth-order valence-electron chi connectivity index (χ4n) is 5.23. The van der Waals surface area contributed by atoms with Crippen molar-refractivity contribution >= 4 is 68.0 Å². The molecule has 0 aliphatic carbocycles. The molecule has 38 heavy (non-hydrogen) atoms. The highest BCUT2D eigenvalue weighted by Crippen LogP contribution is 2.30. The van der Waals surface area contributed by atoms with Crippen molar-refractivity contribution < 1.29 is 16.8 Å². The van der Waals surface area contributed by atoms with E-state index in [1.54, 1.807) is 16.7 Å². The average molecular weight is 632 g/mol. The minimum absolute atomic E-state index is 0. The van der Waals surface area contributed by atoms with Crippen LogP contribution in [0.25, 0.3) is 10.8 Å². The summed E-state index contributed by atoms with van der Waals surface area (Å²) in [6.07, 6.45) is 11.0. The molecule has 13 heteroatoms. The number of nitrogens with zero attached hydrogens (tertiary/aromatic N) is 3. The van der Waals surface area contributed by atoms with Gasteiger partial charge < -0.3 is 5.73 Å². The molecule has 0 spiro atoms. The Morgan fingerprint density at radius 2 is 1.32 bits per heavy atom. The van der Waals surface area contributed by atoms with Crippen LogP contribution in [0, 0.1) is 0 Å². The molecule has 2 saturated heterocycles. The van der Waals surface area contributed by atoms with E-state index in [4.69, 9.17) is 5.73 Å². The number of rotatable bonds is 8. The number of benzene rings is 1. The Labute approximate surface area is 246 Å². The van der Waals surface area contributed by atoms with Gasteiger partial charge in [0.05, 0.1) is 5.75 Å². The summed E-state index contributed by atoms with van der Waals surface area (Å²) >= 11 is 0. The lowest BCUT2D eigenvalue weighted by molar-refractivity contribution is 0.406. The standard InChI is InChI=1S/C25H38N4O4S2.3ClH/c26-25(35(32,33)29-15-7-3-4-8-16-29)18-24(20-34(30,31)28-13-5-1-2-6-14-28)21-9-10-23-19-27-12-11-22(23)17-21;;;/h9-12,17,19,24-25H,1-8,13-16,18,20,26H2;3*1H. The zero-order chi connectivity index (χ0) is 24.9. The van der Waals surface area contributed by atoms with Gasteiger partial charge in [-0.05, 0) is 49.1 Å². The van der Waals surface area contributed by atoms with Crippen molar-refractivity contribution in [2.75, 3.05) is 31.9 Å². The molecule has 1 aromatic carbocycles. The number of halogens is 3. The summed E-state index contributed by atoms with van der Waals surface area (Å²) in [5.41, 5.74) is 7.15. The monoisotopic (exact) mass is 630 g/mol. The summed E-state index contributed by atoms with van der Waals surface area (Å²) in [5, 5.41) is 0.739. The van der Waals surface area contributed by atoms with Crippen molar-refractivity contribution in [2.24, 2.45) is 5.73 Å². The van der Waals surface area contributed by atoms with Gasteiger partial charge in [-0.25, -0.2) is 25.4 Å². The topological polar surface area (TPSA) is 114 Å². The van der Waals surface area contributed by atoms with Gasteiger partial charge in [0.2, 0.25) is 20.0 Å². The Bertz CT molecular complexity index is 1200. The van der Waals surface area contributed by atoms with Gasteiger partial charge in [-0.2, -0.15) is 0 Å². The number of hydrogen-bond acceptors (Lipinski definition) is 6. The second-order valence-electron chi connectivity index (χ2n) is 9.90. The Hall–Kier alpha value is -0.720. The summed E-state index contributed by atoms with van der Waals surface area (Å²) in [4.78, 5) is 4.15. The first-order valence-corrected chi connectivity index (χ1v) is 15.9. The fraction of sp³-hybridized carbons (Fsp3) is 0.640. The second kappa shape index (κ2) is 15.9. The third-order valence-electron chi connectivity index (χ3n) is 7.33. The highest BCUT2D eigenvalue weighted by molar-refractivity contribution is 7.89. The van der Waals surface area contributed by atoms with E-state index in [2.05, 4.69) is 4.98 Å². The van der Waals surface area contributed by atoms with Crippen LogP contribution < -0.4 is 5.73 Å². The Morgan fingerprint density at radius 1 is 0.763 bits per heavy atom. The summed E-state index contributed by atoms with van der Waals surface area (Å²) in [6, 6.07) is 7.63. The predicted molar refractivity (Wildman–Crippen MR) is 162 cm³/mol. The third kappa shape index (κ3) is 8.89. The van der Waals surface area contributed by atoms with E-state index in [-0.39, 0.29) is 49.4 Å². The van der Waals surface area contributed by atoms with Crippen molar-refractivity contribution in [1.82, 2.24) is 13.6 Å². The lowest BCUT2D eigenvalue weighted by Gasteiger charge is -2.28. The molecule has 0 saturated carbocycles. The molecule has 3 heterocycles. The highest BCUT2D eigenvalue weighted by Gasteiger charge is 2.35. The van der Waals surface area contributed by atoms with E-state index in [1.807, 2.05) is 24.3 Å². The van der Waals surface area contributed by atoms with Crippen molar-refractivity contribution in [1.29, 1.82) is 0 Å². The van der Waals surface area contributed by atoms with Gasteiger partial charge in [0.25, 0.3) is 0 Å². The number of aromatic nitrogens is 1. The maximum absolute atomic E-state index is 13.5. The molecule has 2 aromatic rings. The molecule has 0 radical (unpaired) electrons. The predicted octanol–water partition coefficient (Wildman–Crippen LogP) is 4.67. The average Bonchev–Trinajstić information content (AvgIpc) is 3.29. The largest absolute Gasteiger partial charge is 0.314 e. The van der Waals surface area contributed by atoms with Crippen molar-refractivity contribution in [2.45, 2.75) is 69.1 Å². The molecule has 2 atom stereocenters. The fourth-order valence-corrected chi connectivity index (χ4v) is 8.71. The van der Waals surface area contributed by atoms with Crippen LogP contribution in [0.4, 0.5) is 0 Å². The molecule has 0 amide bonds. The lowest BCUT2D eigenvalue weighted by atomic mass is 9.95. The van der Waals surface area contributed by atoms with Crippen LogP contribution in [0.3, 0.4) is 0 Å². The Kier molecular flexibility index (Phi) is 14.8. The number of fused-ring (bicyclic) bond motifs is 1. The molecular weight excluding hydrogens is 591 g/mol. The minimum Gasteiger partial charge on any atom is -0.314 e. The smallest absolute Gasteiger partial charge is 0.229 e.